The number of nitrogens with zero attached hydrogens (tertiary/aromatic N) is 3. The Morgan fingerprint density at radius 3 is 2.27 bits per heavy atom. The van der Waals surface area contributed by atoms with Crippen LogP contribution in [0.25, 0.3) is 0 Å². The van der Waals surface area contributed by atoms with Crippen LogP contribution in [0.2, 0.25) is 0 Å². The number of ether oxygens (including phenoxy) is 1. The van der Waals surface area contributed by atoms with Crippen LogP contribution in [0, 0.1) is 23.2 Å². The summed E-state index contributed by atoms with van der Waals surface area (Å²) < 4.78 is 8.28. The van der Waals surface area contributed by atoms with Crippen LogP contribution < -0.4 is 4.74 Å². The van der Waals surface area contributed by atoms with E-state index in [0.717, 1.165) is 60.2 Å². The van der Waals surface area contributed by atoms with Crippen molar-refractivity contribution < 1.29 is 9.53 Å². The molecular weight excluding hydrogens is 478 g/mol. The van der Waals surface area contributed by atoms with E-state index in [-0.39, 0.29) is 11.5 Å². The zero-order valence-corrected chi connectivity index (χ0v) is 22.8. The first-order valence-corrected chi connectivity index (χ1v) is 14.9. The SMILES string of the molecule is CCc1ccc(OCc2nnc(SCC(=O)C34CC5CC(CC(C5)C3)C4)n2[C@H](C)c2ccccc2)cc1. The lowest BCUT2D eigenvalue weighted by Gasteiger charge is -2.56. The Morgan fingerprint density at radius 1 is 1.00 bits per heavy atom. The average Bonchev–Trinajstić information content (AvgIpc) is 3.32. The first-order valence-electron chi connectivity index (χ1n) is 13.9. The van der Waals surface area contributed by atoms with E-state index < -0.39 is 0 Å². The smallest absolute Gasteiger partial charge is 0.192 e. The number of carbonyl (C=O) groups excluding carboxylic acids is 1. The molecule has 0 spiro atoms. The number of rotatable bonds is 10. The highest BCUT2D eigenvalue weighted by atomic mass is 32.2. The van der Waals surface area contributed by atoms with Crippen molar-refractivity contribution in [2.45, 2.75) is 76.6 Å². The summed E-state index contributed by atoms with van der Waals surface area (Å²) in [6.45, 7) is 4.65. The van der Waals surface area contributed by atoms with Gasteiger partial charge in [0, 0.05) is 5.41 Å². The average molecular weight is 516 g/mol. The molecule has 37 heavy (non-hydrogen) atoms. The molecule has 0 saturated heterocycles. The Kier molecular flexibility index (Phi) is 6.87. The highest BCUT2D eigenvalue weighted by Crippen LogP contribution is 2.60. The molecule has 5 nitrogen and oxygen atoms in total. The van der Waals surface area contributed by atoms with Gasteiger partial charge in [0.25, 0.3) is 0 Å². The Morgan fingerprint density at radius 2 is 1.65 bits per heavy atom. The van der Waals surface area contributed by atoms with Crippen LogP contribution in [0.3, 0.4) is 0 Å². The molecule has 7 rings (SSSR count). The highest BCUT2D eigenvalue weighted by Gasteiger charge is 2.54. The third-order valence-electron chi connectivity index (χ3n) is 9.07. The maximum atomic E-state index is 13.7. The predicted molar refractivity (Wildman–Crippen MR) is 147 cm³/mol. The van der Waals surface area contributed by atoms with Crippen LogP contribution in [0.15, 0.2) is 59.8 Å². The summed E-state index contributed by atoms with van der Waals surface area (Å²) in [4.78, 5) is 13.7. The van der Waals surface area contributed by atoms with Crippen LogP contribution >= 0.6 is 11.8 Å². The Bertz CT molecular complexity index is 1200. The van der Waals surface area contributed by atoms with Gasteiger partial charge < -0.3 is 4.74 Å². The minimum Gasteiger partial charge on any atom is -0.486 e. The molecule has 0 aliphatic heterocycles. The van der Waals surface area contributed by atoms with Gasteiger partial charge in [-0.15, -0.1) is 10.2 Å². The molecule has 0 unspecified atom stereocenters. The molecule has 1 atom stereocenters. The van der Waals surface area contributed by atoms with E-state index in [1.54, 1.807) is 11.8 Å². The minimum absolute atomic E-state index is 0.0365. The van der Waals surface area contributed by atoms with E-state index >= 15 is 0 Å². The summed E-state index contributed by atoms with van der Waals surface area (Å²) in [5.41, 5.74) is 2.40. The second-order valence-electron chi connectivity index (χ2n) is 11.6. The van der Waals surface area contributed by atoms with Gasteiger partial charge in [-0.25, -0.2) is 0 Å². The third-order valence-corrected chi connectivity index (χ3v) is 10.0. The highest BCUT2D eigenvalue weighted by molar-refractivity contribution is 7.99. The van der Waals surface area contributed by atoms with E-state index in [2.05, 4.69) is 65.0 Å². The van der Waals surface area contributed by atoms with Crippen molar-refractivity contribution in [2.24, 2.45) is 23.2 Å². The number of Topliss-reactive ketones (excluding diaryl/α,β-unsaturated/α-hetero) is 1. The van der Waals surface area contributed by atoms with Gasteiger partial charge in [-0.1, -0.05) is 61.2 Å². The number of carbonyl (C=O) groups is 1. The molecule has 1 aromatic heterocycles. The van der Waals surface area contributed by atoms with E-state index in [1.807, 2.05) is 18.2 Å². The van der Waals surface area contributed by atoms with Crippen LogP contribution in [0.5, 0.6) is 5.75 Å². The fourth-order valence-corrected chi connectivity index (χ4v) is 8.55. The predicted octanol–water partition coefficient (Wildman–Crippen LogP) is 6.91. The molecule has 1 heterocycles. The van der Waals surface area contributed by atoms with Crippen molar-refractivity contribution in [3.63, 3.8) is 0 Å². The van der Waals surface area contributed by atoms with Gasteiger partial charge in [-0.05, 0) is 92.9 Å². The van der Waals surface area contributed by atoms with Gasteiger partial charge in [0.15, 0.2) is 11.0 Å². The summed E-state index contributed by atoms with van der Waals surface area (Å²) in [6.07, 6.45) is 8.41. The maximum Gasteiger partial charge on any atom is 0.192 e. The lowest BCUT2D eigenvalue weighted by molar-refractivity contribution is -0.141. The molecule has 4 bridgehead atoms. The van der Waals surface area contributed by atoms with Crippen molar-refractivity contribution in [2.75, 3.05) is 5.75 Å². The first kappa shape index (κ1) is 24.7. The summed E-state index contributed by atoms with van der Waals surface area (Å²) in [6, 6.07) is 18.7. The normalized spacial score (nSPS) is 26.8. The lowest BCUT2D eigenvalue weighted by atomic mass is 9.48. The molecule has 4 aliphatic rings. The number of hydrogen-bond donors (Lipinski definition) is 0. The van der Waals surface area contributed by atoms with Gasteiger partial charge in [-0.3, -0.25) is 9.36 Å². The molecule has 4 saturated carbocycles. The molecule has 4 aliphatic carbocycles. The van der Waals surface area contributed by atoms with E-state index in [0.29, 0.717) is 18.1 Å². The molecule has 0 radical (unpaired) electrons. The molecular formula is C31H37N3O2S. The van der Waals surface area contributed by atoms with Crippen LogP contribution in [0.1, 0.15) is 75.4 Å². The molecule has 0 amide bonds. The van der Waals surface area contributed by atoms with Gasteiger partial charge in [0.05, 0.1) is 11.8 Å². The van der Waals surface area contributed by atoms with Gasteiger partial charge in [0.2, 0.25) is 0 Å². The van der Waals surface area contributed by atoms with Crippen LogP contribution in [-0.2, 0) is 17.8 Å². The summed E-state index contributed by atoms with van der Waals surface area (Å²) in [7, 11) is 0. The van der Waals surface area contributed by atoms with Crippen LogP contribution in [-0.4, -0.2) is 26.3 Å². The Labute approximate surface area is 224 Å². The number of aromatic nitrogens is 3. The van der Waals surface area contributed by atoms with Crippen molar-refractivity contribution in [3.8, 4) is 5.75 Å². The van der Waals surface area contributed by atoms with Gasteiger partial charge >= 0.3 is 0 Å². The quantitative estimate of drug-likeness (QED) is 0.275. The van der Waals surface area contributed by atoms with Gasteiger partial charge in [0.1, 0.15) is 18.1 Å². The van der Waals surface area contributed by atoms with E-state index in [9.17, 15) is 4.79 Å². The standard InChI is InChI=1S/C31H37N3O2S/c1-3-22-9-11-27(12-10-22)36-19-29-32-33-30(34(29)21(2)26-7-5-4-6-8-26)37-20-28(35)31-16-23-13-24(17-31)15-25(14-23)18-31/h4-12,21,23-25H,3,13-20H2,1-2H3/t21-,23?,24?,25?,31?/m1/s1. The molecule has 0 N–H and O–H groups in total. The molecule has 6 heteroatoms. The fraction of sp³-hybridized carbons (Fsp3) is 0.516. The van der Waals surface area contributed by atoms with Crippen molar-refractivity contribution in [1.82, 2.24) is 14.8 Å². The number of ketones is 1. The largest absolute Gasteiger partial charge is 0.486 e. The van der Waals surface area contributed by atoms with Gasteiger partial charge in [-0.2, -0.15) is 0 Å². The Hall–Kier alpha value is -2.60. The molecule has 4 fully saturated rings. The van der Waals surface area contributed by atoms with E-state index in [4.69, 9.17) is 4.74 Å². The Balaban J connectivity index is 1.21. The summed E-state index contributed by atoms with van der Waals surface area (Å²) in [5.74, 6) is 4.84. The molecule has 194 valence electrons. The first-order chi connectivity index (χ1) is 18.0. The summed E-state index contributed by atoms with van der Waals surface area (Å²) in [5, 5.41) is 9.90. The number of thioether (sulfide) groups is 1. The second-order valence-corrected chi connectivity index (χ2v) is 12.5. The lowest BCUT2D eigenvalue weighted by Crippen LogP contribution is -2.50. The third kappa shape index (κ3) is 4.97. The molecule has 2 aromatic carbocycles. The number of hydrogen-bond acceptors (Lipinski definition) is 5. The van der Waals surface area contributed by atoms with Crippen LogP contribution in [0.4, 0.5) is 0 Å². The number of benzene rings is 2. The zero-order valence-electron chi connectivity index (χ0n) is 21.9. The topological polar surface area (TPSA) is 57.0 Å². The van der Waals surface area contributed by atoms with E-state index in [1.165, 1.54) is 30.4 Å². The zero-order chi connectivity index (χ0) is 25.4. The van der Waals surface area contributed by atoms with Crippen molar-refractivity contribution in [1.29, 1.82) is 0 Å². The number of aryl methyl sites for hydroxylation is 1. The molecule has 3 aromatic rings. The minimum atomic E-state index is -0.0752. The summed E-state index contributed by atoms with van der Waals surface area (Å²) >= 11 is 1.56. The van der Waals surface area contributed by atoms with Crippen molar-refractivity contribution >= 4 is 17.5 Å². The fourth-order valence-electron chi connectivity index (χ4n) is 7.48. The monoisotopic (exact) mass is 515 g/mol. The maximum absolute atomic E-state index is 13.7. The van der Waals surface area contributed by atoms with Crippen molar-refractivity contribution in [3.05, 3.63) is 71.5 Å². The second kappa shape index (κ2) is 10.3.